The van der Waals surface area contributed by atoms with Gasteiger partial charge >= 0.3 is 0 Å². The number of hydrogen-bond donors (Lipinski definition) is 1. The third-order valence-electron chi connectivity index (χ3n) is 3.64. The second-order valence-corrected chi connectivity index (χ2v) is 7.97. The summed E-state index contributed by atoms with van der Waals surface area (Å²) in [5.41, 5.74) is 1.56. The standard InChI is InChI=1S/C17H27N5O/c1-16(2,3)13-9-14(22(20-13)17(4,5)6)19-15(23)8-12-10-18-11-21(12)7/h9-11H,8H2,1-7H3,(H,19,23). The highest BCUT2D eigenvalue weighted by Crippen LogP contribution is 2.28. The number of rotatable bonds is 3. The molecule has 0 unspecified atom stereocenters. The van der Waals surface area contributed by atoms with Crippen LogP contribution in [-0.2, 0) is 29.2 Å². The van der Waals surface area contributed by atoms with E-state index in [2.05, 4.69) is 51.8 Å². The molecule has 6 nitrogen and oxygen atoms in total. The van der Waals surface area contributed by atoms with Crippen LogP contribution in [0.25, 0.3) is 0 Å². The van der Waals surface area contributed by atoms with Gasteiger partial charge in [-0.15, -0.1) is 0 Å². The van der Waals surface area contributed by atoms with E-state index in [1.165, 1.54) is 0 Å². The van der Waals surface area contributed by atoms with Gasteiger partial charge in [-0.2, -0.15) is 5.10 Å². The van der Waals surface area contributed by atoms with Gasteiger partial charge in [0, 0.05) is 30.4 Å². The minimum atomic E-state index is -0.210. The number of hydrogen-bond acceptors (Lipinski definition) is 3. The van der Waals surface area contributed by atoms with Gasteiger partial charge in [-0.25, -0.2) is 9.67 Å². The number of carbonyl (C=O) groups is 1. The number of amides is 1. The molecule has 0 saturated carbocycles. The molecule has 1 N–H and O–H groups in total. The lowest BCUT2D eigenvalue weighted by Crippen LogP contribution is -2.27. The van der Waals surface area contributed by atoms with Crippen LogP contribution < -0.4 is 5.32 Å². The molecule has 2 aromatic heterocycles. The van der Waals surface area contributed by atoms with Gasteiger partial charge in [0.05, 0.1) is 24.0 Å². The molecule has 0 atom stereocenters. The van der Waals surface area contributed by atoms with E-state index in [1.807, 2.05) is 22.4 Å². The Morgan fingerprint density at radius 2 is 1.87 bits per heavy atom. The second-order valence-electron chi connectivity index (χ2n) is 7.97. The van der Waals surface area contributed by atoms with Crippen LogP contribution in [0.1, 0.15) is 52.9 Å². The summed E-state index contributed by atoms with van der Waals surface area (Å²) in [6, 6.07) is 1.96. The molecule has 2 heterocycles. The van der Waals surface area contributed by atoms with Crippen molar-refractivity contribution in [1.82, 2.24) is 19.3 Å². The molecule has 2 rings (SSSR count). The fourth-order valence-electron chi connectivity index (χ4n) is 2.25. The zero-order valence-corrected chi connectivity index (χ0v) is 15.1. The minimum absolute atomic E-state index is 0.0699. The maximum Gasteiger partial charge on any atom is 0.231 e. The normalized spacial score (nSPS) is 12.5. The van der Waals surface area contributed by atoms with Crippen LogP contribution in [0.5, 0.6) is 0 Å². The van der Waals surface area contributed by atoms with E-state index in [4.69, 9.17) is 5.10 Å². The lowest BCUT2D eigenvalue weighted by Gasteiger charge is -2.23. The zero-order valence-electron chi connectivity index (χ0n) is 15.1. The van der Waals surface area contributed by atoms with E-state index in [0.29, 0.717) is 0 Å². The fourth-order valence-corrected chi connectivity index (χ4v) is 2.25. The topological polar surface area (TPSA) is 64.7 Å². The van der Waals surface area contributed by atoms with Crippen LogP contribution in [0.2, 0.25) is 0 Å². The monoisotopic (exact) mass is 317 g/mol. The molecule has 0 aliphatic carbocycles. The highest BCUT2D eigenvalue weighted by atomic mass is 16.1. The number of imidazole rings is 1. The summed E-state index contributed by atoms with van der Waals surface area (Å²) in [5.74, 6) is 0.661. The van der Waals surface area contributed by atoms with E-state index >= 15 is 0 Å². The van der Waals surface area contributed by atoms with E-state index in [9.17, 15) is 4.79 Å². The molecule has 0 bridgehead atoms. The minimum Gasteiger partial charge on any atom is -0.337 e. The second kappa shape index (κ2) is 5.83. The van der Waals surface area contributed by atoms with Crippen molar-refractivity contribution in [2.24, 2.45) is 7.05 Å². The van der Waals surface area contributed by atoms with Crippen molar-refractivity contribution < 1.29 is 4.79 Å². The zero-order chi connectivity index (χ0) is 17.4. The number of nitrogens with one attached hydrogen (secondary N) is 1. The molecule has 126 valence electrons. The number of aryl methyl sites for hydroxylation is 1. The Balaban J connectivity index is 2.26. The third kappa shape index (κ3) is 4.00. The molecule has 6 heteroatoms. The largest absolute Gasteiger partial charge is 0.337 e. The van der Waals surface area contributed by atoms with Crippen molar-refractivity contribution in [2.75, 3.05) is 5.32 Å². The first-order chi connectivity index (χ1) is 10.5. The number of carbonyl (C=O) groups excluding carboxylic acids is 1. The predicted octanol–water partition coefficient (Wildman–Crippen LogP) is 2.85. The van der Waals surface area contributed by atoms with Crippen molar-refractivity contribution in [3.63, 3.8) is 0 Å². The van der Waals surface area contributed by atoms with E-state index < -0.39 is 0 Å². The van der Waals surface area contributed by atoms with Crippen molar-refractivity contribution in [1.29, 1.82) is 0 Å². The molecule has 0 saturated heterocycles. The first-order valence-electron chi connectivity index (χ1n) is 7.84. The van der Waals surface area contributed by atoms with Gasteiger partial charge in [-0.3, -0.25) is 4.79 Å². The first kappa shape index (κ1) is 17.2. The molecule has 0 fully saturated rings. The molecule has 2 aromatic rings. The van der Waals surface area contributed by atoms with Crippen LogP contribution in [0.15, 0.2) is 18.6 Å². The van der Waals surface area contributed by atoms with Gasteiger partial charge in [-0.1, -0.05) is 20.8 Å². The first-order valence-corrected chi connectivity index (χ1v) is 7.84. The lowest BCUT2D eigenvalue weighted by molar-refractivity contribution is -0.115. The SMILES string of the molecule is Cn1cncc1CC(=O)Nc1cc(C(C)(C)C)nn1C(C)(C)C. The average molecular weight is 317 g/mol. The van der Waals surface area contributed by atoms with Crippen LogP contribution >= 0.6 is 0 Å². The Kier molecular flexibility index (Phi) is 4.37. The van der Waals surface area contributed by atoms with Gasteiger partial charge in [-0.05, 0) is 20.8 Å². The predicted molar refractivity (Wildman–Crippen MR) is 91.5 cm³/mol. The molecule has 1 amide bonds. The number of nitrogens with zero attached hydrogens (tertiary/aromatic N) is 4. The van der Waals surface area contributed by atoms with Crippen LogP contribution in [0.4, 0.5) is 5.82 Å². The molecular formula is C17H27N5O. The van der Waals surface area contributed by atoms with Crippen molar-refractivity contribution in [3.8, 4) is 0 Å². The Morgan fingerprint density at radius 3 is 2.35 bits per heavy atom. The Bertz CT molecular complexity index is 697. The van der Waals surface area contributed by atoms with Crippen molar-refractivity contribution in [3.05, 3.63) is 30.0 Å². The molecular weight excluding hydrogens is 290 g/mol. The smallest absolute Gasteiger partial charge is 0.231 e. The molecule has 0 spiro atoms. The van der Waals surface area contributed by atoms with E-state index in [-0.39, 0.29) is 23.3 Å². The van der Waals surface area contributed by atoms with Crippen LogP contribution in [0, 0.1) is 0 Å². The van der Waals surface area contributed by atoms with Gasteiger partial charge in [0.25, 0.3) is 0 Å². The Hall–Kier alpha value is -2.11. The summed E-state index contributed by atoms with van der Waals surface area (Å²) in [4.78, 5) is 16.4. The fraction of sp³-hybridized carbons (Fsp3) is 0.588. The van der Waals surface area contributed by atoms with Gasteiger partial charge in [0.2, 0.25) is 5.91 Å². The molecule has 0 aliphatic heterocycles. The summed E-state index contributed by atoms with van der Waals surface area (Å²) < 4.78 is 3.73. The summed E-state index contributed by atoms with van der Waals surface area (Å²) in [5, 5.41) is 7.70. The maximum absolute atomic E-state index is 12.4. The van der Waals surface area contributed by atoms with Crippen LogP contribution in [0.3, 0.4) is 0 Å². The van der Waals surface area contributed by atoms with Gasteiger partial charge in [0.15, 0.2) is 0 Å². The van der Waals surface area contributed by atoms with Crippen molar-refractivity contribution >= 4 is 11.7 Å². The van der Waals surface area contributed by atoms with Crippen molar-refractivity contribution in [2.45, 2.75) is 58.9 Å². The number of anilines is 1. The summed E-state index contributed by atoms with van der Waals surface area (Å²) in [6.07, 6.45) is 3.69. The molecule has 0 aromatic carbocycles. The van der Waals surface area contributed by atoms with E-state index in [0.717, 1.165) is 17.2 Å². The average Bonchev–Trinajstić information content (AvgIpc) is 2.95. The highest BCUT2D eigenvalue weighted by molar-refractivity contribution is 5.91. The van der Waals surface area contributed by atoms with Gasteiger partial charge < -0.3 is 9.88 Å². The molecule has 23 heavy (non-hydrogen) atoms. The Labute approximate surface area is 137 Å². The summed E-state index contributed by atoms with van der Waals surface area (Å²) in [6.45, 7) is 12.6. The quantitative estimate of drug-likeness (QED) is 0.946. The van der Waals surface area contributed by atoms with E-state index in [1.54, 1.807) is 12.5 Å². The Morgan fingerprint density at radius 1 is 1.22 bits per heavy atom. The summed E-state index contributed by atoms with van der Waals surface area (Å²) >= 11 is 0. The molecule has 0 radical (unpaired) electrons. The number of aromatic nitrogens is 4. The van der Waals surface area contributed by atoms with Crippen LogP contribution in [-0.4, -0.2) is 25.2 Å². The highest BCUT2D eigenvalue weighted by Gasteiger charge is 2.25. The van der Waals surface area contributed by atoms with Gasteiger partial charge in [0.1, 0.15) is 5.82 Å². The maximum atomic E-state index is 12.4. The lowest BCUT2D eigenvalue weighted by atomic mass is 9.92. The molecule has 0 aliphatic rings. The third-order valence-corrected chi connectivity index (χ3v) is 3.64. The summed E-state index contributed by atoms with van der Waals surface area (Å²) in [7, 11) is 1.88.